The standard InChI is InChI=1S/C28H26Cl2N4O6/c1-28(2,3)25(17-8-9-18(30)40-17)33-22-21(23(36)24(22)37)31-16-7-6-15(29)14-11-34(27(38)20(14)16)26-13(12-35)5-10-19(32-26)39-4/h5-10,25,31,33,35H,11-12H2,1-4H3/t25-/m0/s1. The predicted octanol–water partition coefficient (Wildman–Crippen LogP) is 5.18. The lowest BCUT2D eigenvalue weighted by Gasteiger charge is -2.31. The molecule has 0 saturated heterocycles. The Morgan fingerprint density at radius 3 is 2.42 bits per heavy atom. The highest BCUT2D eigenvalue weighted by molar-refractivity contribution is 6.33. The van der Waals surface area contributed by atoms with Gasteiger partial charge in [0, 0.05) is 22.2 Å². The number of amides is 1. The van der Waals surface area contributed by atoms with E-state index in [-0.39, 0.29) is 47.0 Å². The predicted molar refractivity (Wildman–Crippen MR) is 153 cm³/mol. The second kappa shape index (κ2) is 10.3. The zero-order valence-electron chi connectivity index (χ0n) is 22.1. The van der Waals surface area contributed by atoms with Gasteiger partial charge in [0.25, 0.3) is 16.8 Å². The summed E-state index contributed by atoms with van der Waals surface area (Å²) in [6, 6.07) is 9.20. The average molecular weight is 585 g/mol. The minimum Gasteiger partial charge on any atom is -0.481 e. The van der Waals surface area contributed by atoms with E-state index < -0.39 is 28.2 Å². The molecule has 3 N–H and O–H groups in total. The molecule has 2 aromatic heterocycles. The molecule has 5 rings (SSSR count). The second-order valence-corrected chi connectivity index (χ2v) is 11.2. The quantitative estimate of drug-likeness (QED) is 0.239. The summed E-state index contributed by atoms with van der Waals surface area (Å²) in [5, 5.41) is 16.5. The van der Waals surface area contributed by atoms with Crippen molar-refractivity contribution >= 4 is 52.0 Å². The Kier molecular flexibility index (Phi) is 7.11. The van der Waals surface area contributed by atoms with Crippen molar-refractivity contribution in [3.8, 4) is 5.88 Å². The number of aromatic nitrogens is 1. The highest BCUT2D eigenvalue weighted by Gasteiger charge is 2.37. The van der Waals surface area contributed by atoms with Crippen LogP contribution in [0.4, 0.5) is 22.9 Å². The summed E-state index contributed by atoms with van der Waals surface area (Å²) in [6.45, 7) is 5.59. The van der Waals surface area contributed by atoms with E-state index in [1.54, 1.807) is 36.4 Å². The van der Waals surface area contributed by atoms with E-state index in [2.05, 4.69) is 15.6 Å². The molecule has 0 unspecified atom stereocenters. The zero-order chi connectivity index (χ0) is 28.9. The molecule has 1 aliphatic heterocycles. The number of benzene rings is 1. The molecule has 0 fully saturated rings. The lowest BCUT2D eigenvalue weighted by atomic mass is 9.85. The van der Waals surface area contributed by atoms with Crippen LogP contribution in [-0.2, 0) is 13.2 Å². The van der Waals surface area contributed by atoms with Gasteiger partial charge in [-0.05, 0) is 47.3 Å². The number of fused-ring (bicyclic) bond motifs is 1. The van der Waals surface area contributed by atoms with Gasteiger partial charge in [-0.25, -0.2) is 0 Å². The van der Waals surface area contributed by atoms with Crippen molar-refractivity contribution in [3.63, 3.8) is 0 Å². The Morgan fingerprint density at radius 1 is 1.07 bits per heavy atom. The fraction of sp³-hybridized carbons (Fsp3) is 0.286. The summed E-state index contributed by atoms with van der Waals surface area (Å²) in [6.07, 6.45) is 0. The molecular formula is C28H26Cl2N4O6. The number of furan rings is 1. The van der Waals surface area contributed by atoms with Crippen LogP contribution in [0, 0.1) is 5.41 Å². The first-order valence-corrected chi connectivity index (χ1v) is 13.1. The van der Waals surface area contributed by atoms with Crippen molar-refractivity contribution in [1.82, 2.24) is 4.98 Å². The molecule has 12 heteroatoms. The van der Waals surface area contributed by atoms with Crippen LogP contribution in [0.25, 0.3) is 0 Å². The van der Waals surface area contributed by atoms with E-state index in [0.717, 1.165) is 0 Å². The molecule has 0 radical (unpaired) electrons. The largest absolute Gasteiger partial charge is 0.481 e. The molecule has 208 valence electrons. The van der Waals surface area contributed by atoms with Crippen LogP contribution in [-0.4, -0.2) is 23.1 Å². The third-order valence-electron chi connectivity index (χ3n) is 6.80. The summed E-state index contributed by atoms with van der Waals surface area (Å²) in [4.78, 5) is 44.8. The molecule has 0 saturated carbocycles. The monoisotopic (exact) mass is 584 g/mol. The molecule has 2 aromatic carbocycles. The zero-order valence-corrected chi connectivity index (χ0v) is 23.6. The maximum atomic E-state index is 13.7. The lowest BCUT2D eigenvalue weighted by molar-refractivity contribution is 0.0996. The number of carbonyl (C=O) groups is 1. The van der Waals surface area contributed by atoms with E-state index in [4.69, 9.17) is 32.4 Å². The number of carbonyl (C=O) groups excluding carboxylic acids is 1. The highest BCUT2D eigenvalue weighted by Crippen LogP contribution is 2.41. The topological polar surface area (TPSA) is 134 Å². The summed E-state index contributed by atoms with van der Waals surface area (Å²) >= 11 is 12.5. The Bertz CT molecular complexity index is 1700. The Labute approximate surface area is 239 Å². The molecule has 10 nitrogen and oxygen atoms in total. The number of hydrogen-bond acceptors (Lipinski definition) is 9. The molecular weight excluding hydrogens is 559 g/mol. The van der Waals surface area contributed by atoms with Gasteiger partial charge in [-0.15, -0.1) is 0 Å². The number of ether oxygens (including phenoxy) is 1. The Hall–Kier alpha value is -3.86. The average Bonchev–Trinajstić information content (AvgIpc) is 3.51. The van der Waals surface area contributed by atoms with Gasteiger partial charge >= 0.3 is 0 Å². The molecule has 0 bridgehead atoms. The first kappa shape index (κ1) is 27.7. The van der Waals surface area contributed by atoms with Crippen LogP contribution in [0.5, 0.6) is 5.88 Å². The fourth-order valence-electron chi connectivity index (χ4n) is 4.72. The Balaban J connectivity index is 1.51. The SMILES string of the molecule is COc1ccc(CO)c(N2Cc3c(Cl)ccc(Nc4c(N[C@@H](c5ccc(Cl)o5)C(C)(C)C)c(=O)c4=O)c3C2=O)n1. The summed E-state index contributed by atoms with van der Waals surface area (Å²) < 4.78 is 10.8. The molecule has 1 aliphatic rings. The highest BCUT2D eigenvalue weighted by atomic mass is 35.5. The van der Waals surface area contributed by atoms with Crippen LogP contribution >= 0.6 is 23.2 Å². The van der Waals surface area contributed by atoms with E-state index in [1.807, 2.05) is 20.8 Å². The number of hydrogen-bond donors (Lipinski definition) is 3. The summed E-state index contributed by atoms with van der Waals surface area (Å²) in [5.74, 6) is 0.555. The van der Waals surface area contributed by atoms with Crippen LogP contribution in [0.1, 0.15) is 54.1 Å². The molecule has 4 aromatic rings. The second-order valence-electron chi connectivity index (χ2n) is 10.5. The van der Waals surface area contributed by atoms with Gasteiger partial charge in [0.1, 0.15) is 23.0 Å². The number of methoxy groups -OCH3 is 1. The van der Waals surface area contributed by atoms with Crippen molar-refractivity contribution in [2.45, 2.75) is 40.0 Å². The number of rotatable bonds is 8. The summed E-state index contributed by atoms with van der Waals surface area (Å²) in [7, 11) is 1.45. The fourth-order valence-corrected chi connectivity index (χ4v) is 5.09. The number of nitrogens with one attached hydrogen (secondary N) is 2. The third kappa shape index (κ3) is 4.72. The van der Waals surface area contributed by atoms with Gasteiger partial charge in [-0.2, -0.15) is 4.98 Å². The van der Waals surface area contributed by atoms with Crippen molar-refractivity contribution in [2.24, 2.45) is 5.41 Å². The smallest absolute Gasteiger partial charge is 0.262 e. The molecule has 1 amide bonds. The van der Waals surface area contributed by atoms with E-state index in [9.17, 15) is 19.5 Å². The minimum atomic E-state index is -0.726. The van der Waals surface area contributed by atoms with Crippen LogP contribution < -0.4 is 31.1 Å². The van der Waals surface area contributed by atoms with Gasteiger partial charge in [-0.3, -0.25) is 19.3 Å². The first-order chi connectivity index (χ1) is 18.9. The number of anilines is 4. The molecule has 0 spiro atoms. The van der Waals surface area contributed by atoms with Crippen LogP contribution in [0.2, 0.25) is 10.2 Å². The van der Waals surface area contributed by atoms with Gasteiger partial charge < -0.3 is 24.9 Å². The number of halogens is 2. The number of pyridine rings is 1. The maximum absolute atomic E-state index is 13.7. The molecule has 40 heavy (non-hydrogen) atoms. The van der Waals surface area contributed by atoms with Gasteiger partial charge in [0.15, 0.2) is 5.22 Å². The van der Waals surface area contributed by atoms with Gasteiger partial charge in [-0.1, -0.05) is 32.4 Å². The normalized spacial score (nSPS) is 14.0. The van der Waals surface area contributed by atoms with Gasteiger partial charge in [0.05, 0.1) is 37.6 Å². The van der Waals surface area contributed by atoms with Gasteiger partial charge in [0.2, 0.25) is 5.88 Å². The summed E-state index contributed by atoms with van der Waals surface area (Å²) in [5.41, 5.74) is -0.303. The van der Waals surface area contributed by atoms with Crippen molar-refractivity contribution in [3.05, 3.63) is 89.5 Å². The lowest BCUT2D eigenvalue weighted by Crippen LogP contribution is -2.39. The van der Waals surface area contributed by atoms with E-state index >= 15 is 0 Å². The number of nitrogens with zero attached hydrogens (tertiary/aromatic N) is 2. The maximum Gasteiger partial charge on any atom is 0.262 e. The molecule has 3 heterocycles. The van der Waals surface area contributed by atoms with E-state index in [0.29, 0.717) is 27.6 Å². The number of aliphatic hydroxyl groups is 1. The van der Waals surface area contributed by atoms with E-state index in [1.165, 1.54) is 12.0 Å². The van der Waals surface area contributed by atoms with Crippen LogP contribution in [0.15, 0.2) is 50.4 Å². The first-order valence-electron chi connectivity index (χ1n) is 12.3. The van der Waals surface area contributed by atoms with Crippen molar-refractivity contribution in [1.29, 1.82) is 0 Å². The van der Waals surface area contributed by atoms with Crippen molar-refractivity contribution in [2.75, 3.05) is 22.6 Å². The third-order valence-corrected chi connectivity index (χ3v) is 7.36. The molecule has 1 atom stereocenters. The number of aliphatic hydroxyl groups excluding tert-OH is 1. The molecule has 0 aliphatic carbocycles. The Morgan fingerprint density at radius 2 is 1.80 bits per heavy atom. The van der Waals surface area contributed by atoms with Crippen molar-refractivity contribution < 1.29 is 19.1 Å². The van der Waals surface area contributed by atoms with Crippen LogP contribution in [0.3, 0.4) is 0 Å². The minimum absolute atomic E-state index is 0.0169.